The number of nitrogens with zero attached hydrogens (tertiary/aromatic N) is 4. The Labute approximate surface area is 158 Å². The van der Waals surface area contributed by atoms with Crippen LogP contribution in [0.2, 0.25) is 0 Å². The molecule has 0 unspecified atom stereocenters. The van der Waals surface area contributed by atoms with Crippen LogP contribution in [0.4, 0.5) is 5.82 Å². The minimum atomic E-state index is -0.478. The van der Waals surface area contributed by atoms with Crippen molar-refractivity contribution in [3.63, 3.8) is 0 Å². The molecule has 1 amide bonds. The van der Waals surface area contributed by atoms with Crippen molar-refractivity contribution in [1.29, 1.82) is 0 Å². The lowest BCUT2D eigenvalue weighted by molar-refractivity contribution is -0.127. The van der Waals surface area contributed by atoms with E-state index in [-0.39, 0.29) is 18.2 Å². The molecule has 0 aliphatic carbocycles. The Morgan fingerprint density at radius 2 is 1.74 bits per heavy atom. The summed E-state index contributed by atoms with van der Waals surface area (Å²) < 4.78 is 5.17. The molecule has 7 nitrogen and oxygen atoms in total. The number of para-hydroxylation sites is 2. The summed E-state index contributed by atoms with van der Waals surface area (Å²) in [5.74, 6) is 0.0865. The van der Waals surface area contributed by atoms with Gasteiger partial charge in [-0.2, -0.15) is 0 Å². The molecule has 1 saturated heterocycles. The van der Waals surface area contributed by atoms with E-state index in [0.29, 0.717) is 37.5 Å². The van der Waals surface area contributed by atoms with Crippen LogP contribution in [0, 0.1) is 0 Å². The number of carbonyl (C=O) groups is 2. The first-order valence-corrected chi connectivity index (χ1v) is 9.16. The summed E-state index contributed by atoms with van der Waals surface area (Å²) in [5, 5.41) is 0. The van der Waals surface area contributed by atoms with E-state index < -0.39 is 5.97 Å². The lowest BCUT2D eigenvalue weighted by Gasteiger charge is -2.36. The zero-order chi connectivity index (χ0) is 19.4. The van der Waals surface area contributed by atoms with Crippen molar-refractivity contribution in [1.82, 2.24) is 14.9 Å². The molecule has 1 aromatic heterocycles. The zero-order valence-electron chi connectivity index (χ0n) is 15.9. The largest absolute Gasteiger partial charge is 0.461 e. The van der Waals surface area contributed by atoms with E-state index in [9.17, 15) is 9.59 Å². The van der Waals surface area contributed by atoms with Crippen LogP contribution in [0.1, 0.15) is 31.3 Å². The van der Waals surface area contributed by atoms with Gasteiger partial charge in [-0.25, -0.2) is 14.8 Å². The van der Waals surface area contributed by atoms with Crippen LogP contribution in [0.15, 0.2) is 35.9 Å². The molecule has 0 saturated carbocycles. The molecule has 1 fully saturated rings. The van der Waals surface area contributed by atoms with E-state index in [1.165, 1.54) is 0 Å². The number of piperazine rings is 1. The molecule has 0 spiro atoms. The number of fused-ring (bicyclic) bond motifs is 1. The van der Waals surface area contributed by atoms with Crippen molar-refractivity contribution in [3.05, 3.63) is 41.6 Å². The molecule has 1 aromatic carbocycles. The quantitative estimate of drug-likeness (QED) is 0.609. The predicted molar refractivity (Wildman–Crippen MR) is 104 cm³/mol. The first kappa shape index (κ1) is 18.8. The molecule has 0 bridgehead atoms. The van der Waals surface area contributed by atoms with Crippen molar-refractivity contribution in [2.45, 2.75) is 20.8 Å². The van der Waals surface area contributed by atoms with Crippen LogP contribution in [0.3, 0.4) is 0 Å². The van der Waals surface area contributed by atoms with E-state index in [0.717, 1.165) is 11.1 Å². The molecule has 2 heterocycles. The Balaban J connectivity index is 1.88. The third-order valence-electron chi connectivity index (χ3n) is 4.66. The topological polar surface area (TPSA) is 75.6 Å². The van der Waals surface area contributed by atoms with Crippen LogP contribution in [-0.4, -0.2) is 59.5 Å². The van der Waals surface area contributed by atoms with Crippen molar-refractivity contribution >= 4 is 28.7 Å². The van der Waals surface area contributed by atoms with Crippen LogP contribution in [0.5, 0.6) is 0 Å². The number of esters is 1. The van der Waals surface area contributed by atoms with Gasteiger partial charge in [-0.05, 0) is 32.9 Å². The van der Waals surface area contributed by atoms with Gasteiger partial charge in [0, 0.05) is 31.8 Å². The van der Waals surface area contributed by atoms with Gasteiger partial charge in [0.25, 0.3) is 0 Å². The molecule has 0 atom stereocenters. The third kappa shape index (κ3) is 3.92. The van der Waals surface area contributed by atoms with Gasteiger partial charge in [-0.15, -0.1) is 0 Å². The second kappa shape index (κ2) is 8.16. The smallest absolute Gasteiger partial charge is 0.360 e. The van der Waals surface area contributed by atoms with Gasteiger partial charge in [0.1, 0.15) is 0 Å². The molecule has 0 N–H and O–H groups in total. The maximum atomic E-state index is 12.4. The molecular weight excluding hydrogens is 344 g/mol. The average molecular weight is 368 g/mol. The van der Waals surface area contributed by atoms with Gasteiger partial charge in [0.15, 0.2) is 11.5 Å². The van der Waals surface area contributed by atoms with E-state index >= 15 is 0 Å². The number of allylic oxidation sites excluding steroid dienone is 1. The predicted octanol–water partition coefficient (Wildman–Crippen LogP) is 2.42. The van der Waals surface area contributed by atoms with Gasteiger partial charge in [-0.3, -0.25) is 4.79 Å². The lowest BCUT2D eigenvalue weighted by atomic mass is 10.2. The molecule has 2 aromatic rings. The van der Waals surface area contributed by atoms with Crippen molar-refractivity contribution < 1.29 is 14.3 Å². The number of carbonyl (C=O) groups excluding carboxylic acids is 2. The van der Waals surface area contributed by atoms with Gasteiger partial charge in [0.2, 0.25) is 5.91 Å². The zero-order valence-corrected chi connectivity index (χ0v) is 15.9. The second-order valence-corrected chi connectivity index (χ2v) is 6.36. The first-order valence-electron chi connectivity index (χ1n) is 9.16. The number of ether oxygens (including phenoxy) is 1. The third-order valence-corrected chi connectivity index (χ3v) is 4.66. The first-order chi connectivity index (χ1) is 13.0. The molecule has 7 heteroatoms. The molecule has 3 rings (SSSR count). The number of hydrogen-bond donors (Lipinski definition) is 0. The molecule has 1 aliphatic rings. The molecule has 0 radical (unpaired) electrons. The van der Waals surface area contributed by atoms with Crippen LogP contribution in [0.25, 0.3) is 11.0 Å². The van der Waals surface area contributed by atoms with Crippen molar-refractivity contribution in [3.8, 4) is 0 Å². The van der Waals surface area contributed by atoms with Gasteiger partial charge in [0.05, 0.1) is 17.6 Å². The number of amides is 1. The van der Waals surface area contributed by atoms with Gasteiger partial charge >= 0.3 is 5.97 Å². The second-order valence-electron chi connectivity index (χ2n) is 6.36. The van der Waals surface area contributed by atoms with E-state index in [1.807, 2.05) is 54.0 Å². The van der Waals surface area contributed by atoms with Crippen LogP contribution < -0.4 is 4.90 Å². The molecule has 142 valence electrons. The summed E-state index contributed by atoms with van der Waals surface area (Å²) >= 11 is 0. The molecule has 27 heavy (non-hydrogen) atoms. The summed E-state index contributed by atoms with van der Waals surface area (Å²) in [7, 11) is 0. The standard InChI is InChI=1S/C20H24N4O3/c1-4-14(3)19(25)24-12-10-23(11-13-24)18-17(20(26)27-5-2)21-15-8-6-7-9-16(15)22-18/h4,6-9H,5,10-13H2,1-3H3/b14-4+. The SMILES string of the molecule is C/C=C(\C)C(=O)N1CCN(c2nc3ccccc3nc2C(=O)OCC)CC1. The van der Waals surface area contributed by atoms with Crippen molar-refractivity contribution in [2.75, 3.05) is 37.7 Å². The highest BCUT2D eigenvalue weighted by Gasteiger charge is 2.27. The molecular formula is C20H24N4O3. The van der Waals surface area contributed by atoms with Crippen LogP contribution in [-0.2, 0) is 9.53 Å². The van der Waals surface area contributed by atoms with Crippen molar-refractivity contribution in [2.24, 2.45) is 0 Å². The average Bonchev–Trinajstić information content (AvgIpc) is 2.72. The summed E-state index contributed by atoms with van der Waals surface area (Å²) in [5.41, 5.74) is 2.34. The number of rotatable bonds is 4. The van der Waals surface area contributed by atoms with E-state index in [4.69, 9.17) is 4.74 Å². The Bertz CT molecular complexity index is 886. The number of aromatic nitrogens is 2. The summed E-state index contributed by atoms with van der Waals surface area (Å²) in [6.07, 6.45) is 1.82. The fourth-order valence-corrected chi connectivity index (χ4v) is 3.04. The highest BCUT2D eigenvalue weighted by Crippen LogP contribution is 2.23. The lowest BCUT2D eigenvalue weighted by Crippen LogP contribution is -2.49. The van der Waals surface area contributed by atoms with E-state index in [2.05, 4.69) is 9.97 Å². The maximum Gasteiger partial charge on any atom is 0.360 e. The molecule has 1 aliphatic heterocycles. The Morgan fingerprint density at radius 1 is 1.11 bits per heavy atom. The number of anilines is 1. The monoisotopic (exact) mass is 368 g/mol. The highest BCUT2D eigenvalue weighted by molar-refractivity contribution is 5.96. The fraction of sp³-hybridized carbons (Fsp3) is 0.400. The van der Waals surface area contributed by atoms with Crippen LogP contribution >= 0.6 is 0 Å². The summed E-state index contributed by atoms with van der Waals surface area (Å²) in [6, 6.07) is 7.45. The normalized spacial score (nSPS) is 15.1. The fourth-order valence-electron chi connectivity index (χ4n) is 3.04. The highest BCUT2D eigenvalue weighted by atomic mass is 16.5. The minimum Gasteiger partial charge on any atom is -0.461 e. The Kier molecular flexibility index (Phi) is 5.69. The summed E-state index contributed by atoms with van der Waals surface area (Å²) in [6.45, 7) is 8.03. The Morgan fingerprint density at radius 3 is 2.33 bits per heavy atom. The van der Waals surface area contributed by atoms with E-state index in [1.54, 1.807) is 6.92 Å². The van der Waals surface area contributed by atoms with Gasteiger partial charge in [-0.1, -0.05) is 18.2 Å². The summed E-state index contributed by atoms with van der Waals surface area (Å²) in [4.78, 5) is 37.8. The number of hydrogen-bond acceptors (Lipinski definition) is 6. The maximum absolute atomic E-state index is 12.4. The Hall–Kier alpha value is -2.96. The number of benzene rings is 1. The van der Waals surface area contributed by atoms with Gasteiger partial charge < -0.3 is 14.5 Å². The minimum absolute atomic E-state index is 0.0485.